The summed E-state index contributed by atoms with van der Waals surface area (Å²) in [5.74, 6) is -0.976. The third-order valence-corrected chi connectivity index (χ3v) is 5.42. The van der Waals surface area contributed by atoms with Crippen LogP contribution in [-0.2, 0) is 24.7 Å². The molecule has 1 fully saturated rings. The summed E-state index contributed by atoms with van der Waals surface area (Å²) in [4.78, 5) is 21.7. The molecular formula is C21H27N3O4. The second-order valence-corrected chi connectivity index (χ2v) is 7.43. The Hall–Kier alpha value is -2.67. The molecule has 0 unspecified atom stereocenters. The van der Waals surface area contributed by atoms with Gasteiger partial charge < -0.3 is 15.5 Å². The third kappa shape index (κ3) is 4.25. The van der Waals surface area contributed by atoms with Gasteiger partial charge in [0.15, 0.2) is 17.2 Å². The number of Topliss-reactive ketones (excluding diaryl/α,β-unsaturated/α-hetero) is 1. The van der Waals surface area contributed by atoms with Crippen LogP contribution in [0.15, 0.2) is 18.2 Å². The van der Waals surface area contributed by atoms with Crippen molar-refractivity contribution in [2.45, 2.75) is 39.0 Å². The van der Waals surface area contributed by atoms with E-state index in [-0.39, 0.29) is 23.1 Å². The molecule has 28 heavy (non-hydrogen) atoms. The van der Waals surface area contributed by atoms with Gasteiger partial charge in [-0.1, -0.05) is 12.1 Å². The number of aryl methyl sites for hydroxylation is 3. The molecule has 1 aromatic heterocycles. The topological polar surface area (TPSA) is 104 Å². The number of piperidine rings is 1. The molecule has 0 radical (unpaired) electrons. The lowest BCUT2D eigenvalue weighted by atomic mass is 9.99. The number of carbonyl (C=O) groups excluding carboxylic acids is 1. The van der Waals surface area contributed by atoms with E-state index in [1.54, 1.807) is 11.7 Å². The van der Waals surface area contributed by atoms with Crippen LogP contribution >= 0.6 is 0 Å². The summed E-state index contributed by atoms with van der Waals surface area (Å²) >= 11 is 0. The second-order valence-electron chi connectivity index (χ2n) is 7.43. The number of hydrogen-bond donors (Lipinski definition) is 3. The van der Waals surface area contributed by atoms with Crippen molar-refractivity contribution in [1.29, 1.82) is 0 Å². The number of aliphatic carboxylic acids is 1. The van der Waals surface area contributed by atoms with Gasteiger partial charge in [-0.2, -0.15) is 5.10 Å². The molecule has 3 N–H and O–H groups in total. The standard InChI is InChI=1S/C15H16N2O2.C6H11NO2/c1-9(18)13-15(19)14(17(2)16-13)12-7-6-10-4-3-5-11(10)8-12;8-6(9)5-1-3-7-4-2-5/h6-8,19H,3-5H2,1-2H3;5,7H,1-4H2,(H,8,9). The third-order valence-electron chi connectivity index (χ3n) is 5.42. The van der Waals surface area contributed by atoms with Gasteiger partial charge in [0.1, 0.15) is 5.69 Å². The predicted molar refractivity (Wildman–Crippen MR) is 106 cm³/mol. The molecular weight excluding hydrogens is 358 g/mol. The molecule has 0 amide bonds. The van der Waals surface area contributed by atoms with Crippen LogP contribution in [0.25, 0.3) is 11.3 Å². The fourth-order valence-electron chi connectivity index (χ4n) is 3.86. The number of nitrogens with zero attached hydrogens (tertiary/aromatic N) is 2. The highest BCUT2D eigenvalue weighted by Crippen LogP contribution is 2.34. The maximum Gasteiger partial charge on any atom is 0.306 e. The molecule has 1 saturated heterocycles. The maximum atomic E-state index is 11.4. The number of carbonyl (C=O) groups is 2. The summed E-state index contributed by atoms with van der Waals surface area (Å²) in [5, 5.41) is 25.9. The van der Waals surface area contributed by atoms with Crippen LogP contribution in [0.1, 0.15) is 47.8 Å². The first-order valence-corrected chi connectivity index (χ1v) is 9.71. The highest BCUT2D eigenvalue weighted by Gasteiger charge is 2.21. The summed E-state index contributed by atoms with van der Waals surface area (Å²) in [5.41, 5.74) is 4.39. The number of aromatic nitrogens is 2. The Bertz CT molecular complexity index is 882. The maximum absolute atomic E-state index is 11.4. The molecule has 0 spiro atoms. The number of hydrogen-bond acceptors (Lipinski definition) is 5. The summed E-state index contributed by atoms with van der Waals surface area (Å²) in [6.07, 6.45) is 4.98. The Balaban J connectivity index is 0.000000211. The van der Waals surface area contributed by atoms with Gasteiger partial charge in [0.05, 0.1) is 5.92 Å². The first-order valence-electron chi connectivity index (χ1n) is 9.71. The highest BCUT2D eigenvalue weighted by atomic mass is 16.4. The van der Waals surface area contributed by atoms with E-state index in [9.17, 15) is 14.7 Å². The quantitative estimate of drug-likeness (QED) is 0.702. The van der Waals surface area contributed by atoms with Gasteiger partial charge in [0.25, 0.3) is 0 Å². The van der Waals surface area contributed by atoms with Gasteiger partial charge in [-0.3, -0.25) is 14.3 Å². The highest BCUT2D eigenvalue weighted by molar-refractivity contribution is 5.97. The van der Waals surface area contributed by atoms with Crippen molar-refractivity contribution in [3.05, 3.63) is 35.0 Å². The molecule has 0 atom stereocenters. The Labute approximate surface area is 164 Å². The van der Waals surface area contributed by atoms with Gasteiger partial charge in [0, 0.05) is 19.5 Å². The molecule has 0 bridgehead atoms. The lowest BCUT2D eigenvalue weighted by Crippen LogP contribution is -2.31. The number of benzene rings is 1. The van der Waals surface area contributed by atoms with Gasteiger partial charge in [-0.25, -0.2) is 0 Å². The number of carboxylic acid groups (broad SMARTS) is 1. The van der Waals surface area contributed by atoms with Crippen LogP contribution in [0.4, 0.5) is 0 Å². The lowest BCUT2D eigenvalue weighted by Gasteiger charge is -2.17. The van der Waals surface area contributed by atoms with Crippen molar-refractivity contribution in [1.82, 2.24) is 15.1 Å². The lowest BCUT2D eigenvalue weighted by molar-refractivity contribution is -0.142. The monoisotopic (exact) mass is 385 g/mol. The Morgan fingerprint density at radius 2 is 1.86 bits per heavy atom. The number of rotatable bonds is 3. The minimum atomic E-state index is -0.642. The fraction of sp³-hybridized carbons (Fsp3) is 0.476. The number of fused-ring (bicyclic) bond motifs is 1. The average molecular weight is 385 g/mol. The largest absolute Gasteiger partial charge is 0.504 e. The molecule has 4 rings (SSSR count). The van der Waals surface area contributed by atoms with Crippen LogP contribution in [0, 0.1) is 5.92 Å². The van der Waals surface area contributed by atoms with Crippen LogP contribution < -0.4 is 5.32 Å². The van der Waals surface area contributed by atoms with Crippen LogP contribution in [0.5, 0.6) is 5.75 Å². The molecule has 1 aromatic carbocycles. The summed E-state index contributed by atoms with van der Waals surface area (Å²) in [6.45, 7) is 3.13. The van der Waals surface area contributed by atoms with Crippen molar-refractivity contribution in [3.63, 3.8) is 0 Å². The van der Waals surface area contributed by atoms with E-state index < -0.39 is 5.97 Å². The van der Waals surface area contributed by atoms with E-state index in [0.717, 1.165) is 44.3 Å². The first kappa shape index (κ1) is 20.1. The minimum absolute atomic E-state index is 0.0204. The fourth-order valence-corrected chi connectivity index (χ4v) is 3.86. The zero-order valence-electron chi connectivity index (χ0n) is 16.4. The molecule has 150 valence electrons. The molecule has 7 nitrogen and oxygen atoms in total. The minimum Gasteiger partial charge on any atom is -0.504 e. The smallest absolute Gasteiger partial charge is 0.306 e. The van der Waals surface area contributed by atoms with Crippen LogP contribution in [0.3, 0.4) is 0 Å². The van der Waals surface area contributed by atoms with Crippen LogP contribution in [-0.4, -0.2) is 44.8 Å². The molecule has 1 aliphatic heterocycles. The van der Waals surface area contributed by atoms with Gasteiger partial charge in [0.2, 0.25) is 0 Å². The van der Waals surface area contributed by atoms with Gasteiger partial charge in [-0.15, -0.1) is 0 Å². The SMILES string of the molecule is CC(=O)c1nn(C)c(-c2ccc3c(c2)CCC3)c1O.O=C(O)C1CCNCC1. The summed E-state index contributed by atoms with van der Waals surface area (Å²) in [7, 11) is 1.74. The number of ketones is 1. The van der Waals surface area contributed by atoms with Crippen molar-refractivity contribution < 1.29 is 19.8 Å². The second kappa shape index (κ2) is 8.56. The molecule has 2 heterocycles. The molecule has 2 aliphatic rings. The van der Waals surface area contributed by atoms with E-state index in [4.69, 9.17) is 5.11 Å². The zero-order valence-corrected chi connectivity index (χ0v) is 16.4. The number of carboxylic acids is 1. The normalized spacial score (nSPS) is 16.2. The van der Waals surface area contributed by atoms with Gasteiger partial charge in [-0.05, 0) is 62.4 Å². The van der Waals surface area contributed by atoms with Crippen molar-refractivity contribution >= 4 is 11.8 Å². The summed E-state index contributed by atoms with van der Waals surface area (Å²) < 4.78 is 1.57. The van der Waals surface area contributed by atoms with E-state index in [1.165, 1.54) is 24.5 Å². The first-order chi connectivity index (χ1) is 13.4. The van der Waals surface area contributed by atoms with Crippen molar-refractivity contribution in [2.24, 2.45) is 13.0 Å². The van der Waals surface area contributed by atoms with E-state index >= 15 is 0 Å². The Kier molecular flexibility index (Phi) is 6.14. The molecule has 1 aliphatic carbocycles. The summed E-state index contributed by atoms with van der Waals surface area (Å²) in [6, 6.07) is 6.20. The van der Waals surface area contributed by atoms with Crippen molar-refractivity contribution in [2.75, 3.05) is 13.1 Å². The molecule has 0 saturated carbocycles. The number of aromatic hydroxyl groups is 1. The number of nitrogens with one attached hydrogen (secondary N) is 1. The van der Waals surface area contributed by atoms with E-state index in [2.05, 4.69) is 22.5 Å². The van der Waals surface area contributed by atoms with E-state index in [1.807, 2.05) is 6.07 Å². The van der Waals surface area contributed by atoms with Crippen LogP contribution in [0.2, 0.25) is 0 Å². The molecule has 7 heteroatoms. The van der Waals surface area contributed by atoms with Crippen molar-refractivity contribution in [3.8, 4) is 17.0 Å². The van der Waals surface area contributed by atoms with E-state index in [0.29, 0.717) is 5.69 Å². The Morgan fingerprint density at radius 3 is 2.43 bits per heavy atom. The van der Waals surface area contributed by atoms with Gasteiger partial charge >= 0.3 is 5.97 Å². The average Bonchev–Trinajstić information content (AvgIpc) is 3.26. The predicted octanol–water partition coefficient (Wildman–Crippen LogP) is 2.55. The Morgan fingerprint density at radius 1 is 1.18 bits per heavy atom. The molecule has 2 aromatic rings. The zero-order chi connectivity index (χ0) is 20.3.